The number of nitrogens with two attached hydrogens (primary N) is 1. The van der Waals surface area contributed by atoms with E-state index in [9.17, 15) is 4.79 Å². The number of carbonyl (C=O) groups is 1. The largest absolute Gasteiger partial charge is 0.480 e. The van der Waals surface area contributed by atoms with Crippen LogP contribution in [0.15, 0.2) is 18.2 Å². The van der Waals surface area contributed by atoms with Crippen molar-refractivity contribution in [3.63, 3.8) is 0 Å². The Morgan fingerprint density at radius 2 is 2.22 bits per heavy atom. The molecule has 1 aromatic rings. The number of hydrogen-bond acceptors (Lipinski definition) is 5. The number of rotatable bonds is 5. The Labute approximate surface area is 105 Å². The monoisotopic (exact) mass is 252 g/mol. The van der Waals surface area contributed by atoms with E-state index in [4.69, 9.17) is 20.3 Å². The lowest BCUT2D eigenvalue weighted by atomic mass is 10.2. The zero-order chi connectivity index (χ0) is 13.1. The van der Waals surface area contributed by atoms with Gasteiger partial charge in [0.2, 0.25) is 6.79 Å². The third-order valence-electron chi connectivity index (χ3n) is 2.89. The van der Waals surface area contributed by atoms with Gasteiger partial charge in [-0.1, -0.05) is 0 Å². The fraction of sp³-hybridized carbons (Fsp3) is 0.417. The van der Waals surface area contributed by atoms with Gasteiger partial charge in [-0.3, -0.25) is 4.79 Å². The molecule has 0 fully saturated rings. The third kappa shape index (κ3) is 2.65. The lowest BCUT2D eigenvalue weighted by Gasteiger charge is -2.20. The van der Waals surface area contributed by atoms with Crippen LogP contribution in [0.4, 0.5) is 5.69 Å². The Hall–Kier alpha value is -1.95. The molecule has 1 unspecified atom stereocenters. The minimum absolute atomic E-state index is 0.242. The van der Waals surface area contributed by atoms with Crippen LogP contribution in [-0.2, 0) is 4.79 Å². The summed E-state index contributed by atoms with van der Waals surface area (Å²) in [5.74, 6) is 0.463. The SMILES string of the molecule is CN(CCC(N)C(=O)O)c1ccc2c(c1)OCO2. The molecule has 1 aromatic carbocycles. The van der Waals surface area contributed by atoms with Gasteiger partial charge in [0.25, 0.3) is 0 Å². The van der Waals surface area contributed by atoms with E-state index >= 15 is 0 Å². The van der Waals surface area contributed by atoms with Gasteiger partial charge in [0.05, 0.1) is 0 Å². The topological polar surface area (TPSA) is 85.0 Å². The van der Waals surface area contributed by atoms with Gasteiger partial charge in [-0.15, -0.1) is 0 Å². The number of fused-ring (bicyclic) bond motifs is 1. The first kappa shape index (κ1) is 12.5. The summed E-state index contributed by atoms with van der Waals surface area (Å²) in [6.45, 7) is 0.805. The van der Waals surface area contributed by atoms with E-state index in [1.165, 1.54) is 0 Å². The second-order valence-electron chi connectivity index (χ2n) is 4.19. The van der Waals surface area contributed by atoms with Gasteiger partial charge >= 0.3 is 5.97 Å². The first-order valence-corrected chi connectivity index (χ1v) is 5.67. The zero-order valence-corrected chi connectivity index (χ0v) is 10.1. The summed E-state index contributed by atoms with van der Waals surface area (Å²) in [6, 6.07) is 4.78. The number of carboxylic acid groups (broad SMARTS) is 1. The van der Waals surface area contributed by atoms with Crippen LogP contribution in [0, 0.1) is 0 Å². The second kappa shape index (κ2) is 5.14. The van der Waals surface area contributed by atoms with Crippen LogP contribution in [-0.4, -0.2) is 37.5 Å². The van der Waals surface area contributed by atoms with Crippen LogP contribution in [0.25, 0.3) is 0 Å². The van der Waals surface area contributed by atoms with Crippen LogP contribution < -0.4 is 20.1 Å². The maximum Gasteiger partial charge on any atom is 0.320 e. The number of anilines is 1. The van der Waals surface area contributed by atoms with Crippen LogP contribution in [0.3, 0.4) is 0 Å². The highest BCUT2D eigenvalue weighted by atomic mass is 16.7. The van der Waals surface area contributed by atoms with Gasteiger partial charge in [0.1, 0.15) is 6.04 Å². The summed E-state index contributed by atoms with van der Waals surface area (Å²) < 4.78 is 10.5. The van der Waals surface area contributed by atoms with Crippen molar-refractivity contribution in [1.82, 2.24) is 0 Å². The number of benzene rings is 1. The molecule has 0 radical (unpaired) electrons. The number of ether oxygens (including phenoxy) is 2. The molecular formula is C12H16N2O4. The van der Waals surface area contributed by atoms with E-state index in [1.807, 2.05) is 30.1 Å². The molecule has 6 heteroatoms. The molecule has 6 nitrogen and oxygen atoms in total. The van der Waals surface area contributed by atoms with E-state index in [1.54, 1.807) is 0 Å². The van der Waals surface area contributed by atoms with Gasteiger partial charge in [-0.05, 0) is 18.6 Å². The molecule has 3 N–H and O–H groups in total. The maximum atomic E-state index is 10.6. The summed E-state index contributed by atoms with van der Waals surface area (Å²) >= 11 is 0. The third-order valence-corrected chi connectivity index (χ3v) is 2.89. The molecule has 0 saturated heterocycles. The highest BCUT2D eigenvalue weighted by Crippen LogP contribution is 2.35. The molecule has 1 heterocycles. The van der Waals surface area contributed by atoms with Crippen LogP contribution in [0.1, 0.15) is 6.42 Å². The summed E-state index contributed by atoms with van der Waals surface area (Å²) in [7, 11) is 1.88. The molecule has 0 aliphatic carbocycles. The zero-order valence-electron chi connectivity index (χ0n) is 10.1. The highest BCUT2D eigenvalue weighted by molar-refractivity contribution is 5.73. The fourth-order valence-corrected chi connectivity index (χ4v) is 1.71. The quantitative estimate of drug-likeness (QED) is 0.800. The molecule has 98 valence electrons. The molecule has 1 aliphatic rings. The van der Waals surface area contributed by atoms with Crippen LogP contribution in [0.2, 0.25) is 0 Å². The van der Waals surface area contributed by atoms with Crippen molar-refractivity contribution < 1.29 is 19.4 Å². The van der Waals surface area contributed by atoms with E-state index in [2.05, 4.69) is 0 Å². The Morgan fingerprint density at radius 3 is 2.94 bits per heavy atom. The first-order valence-electron chi connectivity index (χ1n) is 5.67. The van der Waals surface area contributed by atoms with Crippen molar-refractivity contribution in [2.75, 3.05) is 25.3 Å². The maximum absolute atomic E-state index is 10.6. The van der Waals surface area contributed by atoms with Crippen molar-refractivity contribution >= 4 is 11.7 Å². The minimum atomic E-state index is -0.978. The second-order valence-corrected chi connectivity index (χ2v) is 4.19. The average Bonchev–Trinajstić information content (AvgIpc) is 2.82. The number of nitrogens with zero attached hydrogens (tertiary/aromatic N) is 1. The van der Waals surface area contributed by atoms with Crippen LogP contribution >= 0.6 is 0 Å². The standard InChI is InChI=1S/C12H16N2O4/c1-14(5-4-9(13)12(15)16)8-2-3-10-11(6-8)18-7-17-10/h2-3,6,9H,4-5,7,13H2,1H3,(H,15,16). The van der Waals surface area contributed by atoms with Gasteiger partial charge in [0.15, 0.2) is 11.5 Å². The highest BCUT2D eigenvalue weighted by Gasteiger charge is 2.16. The lowest BCUT2D eigenvalue weighted by Crippen LogP contribution is -2.34. The molecular weight excluding hydrogens is 236 g/mol. The van der Waals surface area contributed by atoms with E-state index in [0.29, 0.717) is 18.7 Å². The van der Waals surface area contributed by atoms with Crippen molar-refractivity contribution in [3.05, 3.63) is 18.2 Å². The molecule has 1 atom stereocenters. The molecule has 0 spiro atoms. The lowest BCUT2D eigenvalue weighted by molar-refractivity contribution is -0.138. The molecule has 0 amide bonds. The first-order chi connectivity index (χ1) is 8.58. The smallest absolute Gasteiger partial charge is 0.320 e. The van der Waals surface area contributed by atoms with Crippen molar-refractivity contribution in [2.24, 2.45) is 5.73 Å². The van der Waals surface area contributed by atoms with E-state index < -0.39 is 12.0 Å². The van der Waals surface area contributed by atoms with E-state index in [-0.39, 0.29) is 6.79 Å². The Morgan fingerprint density at radius 1 is 1.50 bits per heavy atom. The number of hydrogen-bond donors (Lipinski definition) is 2. The molecule has 0 saturated carbocycles. The predicted octanol–water partition coefficient (Wildman–Crippen LogP) is 0.653. The van der Waals surface area contributed by atoms with Gasteiger partial charge < -0.3 is 25.2 Å². The summed E-state index contributed by atoms with van der Waals surface area (Å²) in [6.07, 6.45) is 0.389. The van der Waals surface area contributed by atoms with Crippen molar-refractivity contribution in [2.45, 2.75) is 12.5 Å². The average molecular weight is 252 g/mol. The summed E-state index contributed by atoms with van der Waals surface area (Å²) in [4.78, 5) is 12.6. The van der Waals surface area contributed by atoms with Crippen molar-refractivity contribution in [3.8, 4) is 11.5 Å². The molecule has 0 aromatic heterocycles. The predicted molar refractivity (Wildman–Crippen MR) is 66.1 cm³/mol. The van der Waals surface area contributed by atoms with Gasteiger partial charge in [0, 0.05) is 25.3 Å². The number of aliphatic carboxylic acids is 1. The molecule has 18 heavy (non-hydrogen) atoms. The van der Waals surface area contributed by atoms with Crippen molar-refractivity contribution in [1.29, 1.82) is 0 Å². The van der Waals surface area contributed by atoms with E-state index in [0.717, 1.165) is 11.4 Å². The summed E-state index contributed by atoms with van der Waals surface area (Å²) in [5.41, 5.74) is 6.40. The van der Waals surface area contributed by atoms with Gasteiger partial charge in [-0.2, -0.15) is 0 Å². The molecule has 0 bridgehead atoms. The summed E-state index contributed by atoms with van der Waals surface area (Å²) in [5, 5.41) is 8.71. The normalized spacial score (nSPS) is 14.3. The number of carboxylic acids is 1. The molecule has 2 rings (SSSR count). The Balaban J connectivity index is 1.97. The fourth-order valence-electron chi connectivity index (χ4n) is 1.71. The Bertz CT molecular complexity index is 450. The molecule has 1 aliphatic heterocycles. The van der Waals surface area contributed by atoms with Gasteiger partial charge in [-0.25, -0.2) is 0 Å². The van der Waals surface area contributed by atoms with Crippen LogP contribution in [0.5, 0.6) is 11.5 Å². The minimum Gasteiger partial charge on any atom is -0.480 e. The Kier molecular flexibility index (Phi) is 3.57.